The van der Waals surface area contributed by atoms with Crippen LogP contribution in [0.1, 0.15) is 41.9 Å². The van der Waals surface area contributed by atoms with E-state index in [1.807, 2.05) is 35.9 Å². The van der Waals surface area contributed by atoms with Crippen LogP contribution in [0.25, 0.3) is 5.69 Å². The minimum Gasteiger partial charge on any atom is -0.494 e. The summed E-state index contributed by atoms with van der Waals surface area (Å²) in [6, 6.07) is 5.87. The van der Waals surface area contributed by atoms with Crippen molar-refractivity contribution >= 4 is 33.9 Å². The fraction of sp³-hybridized carbons (Fsp3) is 0.333. The molecule has 4 rings (SSSR count). The summed E-state index contributed by atoms with van der Waals surface area (Å²) < 4.78 is 7.50. The number of carbonyl (C=O) groups is 1. The van der Waals surface area contributed by atoms with Gasteiger partial charge in [-0.1, -0.05) is 0 Å². The SMILES string of the molecule is COc1cc(Nc2nc3c(s2)CCCC3C(=O)N=C(C)N)ccc1-n1cnc(C)c1. The highest BCUT2D eigenvalue weighted by Gasteiger charge is 2.30. The summed E-state index contributed by atoms with van der Waals surface area (Å²) >= 11 is 1.58. The van der Waals surface area contributed by atoms with Crippen molar-refractivity contribution in [2.75, 3.05) is 12.4 Å². The molecule has 0 aliphatic heterocycles. The molecule has 0 spiro atoms. The number of carbonyl (C=O) groups excluding carboxylic acids is 1. The van der Waals surface area contributed by atoms with Gasteiger partial charge in [-0.05, 0) is 45.2 Å². The molecule has 1 atom stereocenters. The summed E-state index contributed by atoms with van der Waals surface area (Å²) in [7, 11) is 1.64. The molecule has 156 valence electrons. The number of benzene rings is 1. The summed E-state index contributed by atoms with van der Waals surface area (Å²) in [5.41, 5.74) is 9.11. The zero-order chi connectivity index (χ0) is 21.3. The highest BCUT2D eigenvalue weighted by atomic mass is 32.1. The molecule has 8 nitrogen and oxygen atoms in total. The number of ether oxygens (including phenoxy) is 1. The molecule has 2 heterocycles. The van der Waals surface area contributed by atoms with Gasteiger partial charge in [0.05, 0.1) is 42.3 Å². The van der Waals surface area contributed by atoms with E-state index >= 15 is 0 Å². The predicted octanol–water partition coefficient (Wildman–Crippen LogP) is 3.71. The van der Waals surface area contributed by atoms with Gasteiger partial charge >= 0.3 is 0 Å². The fourth-order valence-electron chi connectivity index (χ4n) is 3.61. The van der Waals surface area contributed by atoms with Gasteiger partial charge in [-0.25, -0.2) is 15.0 Å². The quantitative estimate of drug-likeness (QED) is 0.477. The largest absolute Gasteiger partial charge is 0.494 e. The van der Waals surface area contributed by atoms with Crippen LogP contribution in [0.3, 0.4) is 0 Å². The number of anilines is 2. The smallest absolute Gasteiger partial charge is 0.256 e. The number of nitrogens with two attached hydrogens (primary N) is 1. The Morgan fingerprint density at radius 2 is 2.27 bits per heavy atom. The molecule has 3 aromatic rings. The van der Waals surface area contributed by atoms with Crippen molar-refractivity contribution in [2.45, 2.75) is 39.0 Å². The molecule has 3 N–H and O–H groups in total. The number of aromatic nitrogens is 3. The number of imidazole rings is 1. The van der Waals surface area contributed by atoms with Gasteiger partial charge in [0.1, 0.15) is 5.75 Å². The van der Waals surface area contributed by atoms with E-state index in [1.54, 1.807) is 31.7 Å². The molecule has 30 heavy (non-hydrogen) atoms. The van der Waals surface area contributed by atoms with E-state index in [0.717, 1.165) is 57.8 Å². The third kappa shape index (κ3) is 4.06. The molecule has 0 bridgehead atoms. The first-order valence-electron chi connectivity index (χ1n) is 9.75. The Morgan fingerprint density at radius 3 is 2.97 bits per heavy atom. The van der Waals surface area contributed by atoms with Crippen LogP contribution in [0, 0.1) is 6.92 Å². The van der Waals surface area contributed by atoms with Gasteiger partial charge in [-0.15, -0.1) is 11.3 Å². The number of thiazole rings is 1. The minimum atomic E-state index is -0.319. The van der Waals surface area contributed by atoms with Gasteiger partial charge in [-0.2, -0.15) is 0 Å². The highest BCUT2D eigenvalue weighted by Crippen LogP contribution is 2.38. The third-order valence-electron chi connectivity index (χ3n) is 4.96. The van der Waals surface area contributed by atoms with E-state index < -0.39 is 0 Å². The fourth-order valence-corrected chi connectivity index (χ4v) is 4.69. The second kappa shape index (κ2) is 8.27. The molecule has 1 aromatic carbocycles. The lowest BCUT2D eigenvalue weighted by Crippen LogP contribution is -2.19. The van der Waals surface area contributed by atoms with Crippen LogP contribution in [0.2, 0.25) is 0 Å². The first-order chi connectivity index (χ1) is 14.4. The number of methoxy groups -OCH3 is 1. The zero-order valence-electron chi connectivity index (χ0n) is 17.2. The molecule has 1 aliphatic carbocycles. The van der Waals surface area contributed by atoms with Crippen LogP contribution < -0.4 is 15.8 Å². The van der Waals surface area contributed by atoms with Gasteiger partial charge in [-0.3, -0.25) is 4.79 Å². The summed E-state index contributed by atoms with van der Waals surface area (Å²) in [6.07, 6.45) is 6.32. The van der Waals surface area contributed by atoms with E-state index in [9.17, 15) is 4.79 Å². The number of hydrogen-bond acceptors (Lipinski definition) is 6. The molecule has 0 saturated carbocycles. The molecule has 1 unspecified atom stereocenters. The number of rotatable bonds is 5. The number of fused-ring (bicyclic) bond motifs is 1. The van der Waals surface area contributed by atoms with Gasteiger partial charge in [0.2, 0.25) is 0 Å². The van der Waals surface area contributed by atoms with Gasteiger partial charge in [0.25, 0.3) is 5.91 Å². The lowest BCUT2D eigenvalue weighted by atomic mass is 9.90. The van der Waals surface area contributed by atoms with E-state index in [0.29, 0.717) is 0 Å². The number of amides is 1. The number of amidine groups is 1. The summed E-state index contributed by atoms with van der Waals surface area (Å²) in [5, 5.41) is 4.10. The number of hydrogen-bond donors (Lipinski definition) is 2. The van der Waals surface area contributed by atoms with E-state index in [1.165, 1.54) is 0 Å². The van der Waals surface area contributed by atoms with Gasteiger partial charge in [0, 0.05) is 22.8 Å². The highest BCUT2D eigenvalue weighted by molar-refractivity contribution is 7.15. The van der Waals surface area contributed by atoms with Crippen molar-refractivity contribution in [2.24, 2.45) is 10.7 Å². The van der Waals surface area contributed by atoms with Crippen molar-refractivity contribution in [1.82, 2.24) is 14.5 Å². The Hall–Kier alpha value is -3.20. The standard InChI is InChI=1S/C21H24N6O2S/c1-12-10-27(11-23-12)16-8-7-14(9-17(16)29-3)25-21-26-19-15(20(28)24-13(2)22)5-4-6-18(19)30-21/h7-11,15H,4-6H2,1-3H3,(H,25,26)(H2,22,24,28). The van der Waals surface area contributed by atoms with Crippen molar-refractivity contribution in [3.63, 3.8) is 0 Å². The second-order valence-corrected chi connectivity index (χ2v) is 8.38. The van der Waals surface area contributed by atoms with E-state index in [2.05, 4.69) is 15.3 Å². The third-order valence-corrected chi connectivity index (χ3v) is 6.01. The Kier molecular flexibility index (Phi) is 5.54. The first-order valence-corrected chi connectivity index (χ1v) is 10.6. The van der Waals surface area contributed by atoms with Crippen molar-refractivity contribution < 1.29 is 9.53 Å². The lowest BCUT2D eigenvalue weighted by molar-refractivity contribution is -0.119. The lowest BCUT2D eigenvalue weighted by Gasteiger charge is -2.17. The minimum absolute atomic E-state index is 0.213. The van der Waals surface area contributed by atoms with E-state index in [-0.39, 0.29) is 17.7 Å². The topological polar surface area (TPSA) is 107 Å². The Morgan fingerprint density at radius 1 is 1.43 bits per heavy atom. The number of nitrogens with zero attached hydrogens (tertiary/aromatic N) is 4. The molecule has 1 aliphatic rings. The first kappa shape index (κ1) is 20.1. The monoisotopic (exact) mass is 424 g/mol. The maximum atomic E-state index is 12.4. The Bertz CT molecular complexity index is 1110. The number of aryl methyl sites for hydroxylation is 2. The van der Waals surface area contributed by atoms with Crippen LogP contribution in [-0.2, 0) is 11.2 Å². The molecule has 9 heteroatoms. The molecule has 0 fully saturated rings. The Labute approximate surface area is 178 Å². The molecule has 0 saturated heterocycles. The van der Waals surface area contributed by atoms with Crippen LogP contribution in [0.15, 0.2) is 35.7 Å². The van der Waals surface area contributed by atoms with Gasteiger partial charge in [0.15, 0.2) is 5.13 Å². The molecular formula is C21H24N6O2S. The second-order valence-electron chi connectivity index (χ2n) is 7.30. The van der Waals surface area contributed by atoms with E-state index in [4.69, 9.17) is 15.5 Å². The maximum Gasteiger partial charge on any atom is 0.256 e. The summed E-state index contributed by atoms with van der Waals surface area (Å²) in [5.74, 6) is 0.468. The number of nitrogens with one attached hydrogen (secondary N) is 1. The van der Waals surface area contributed by atoms with Crippen LogP contribution >= 0.6 is 11.3 Å². The molecule has 2 aromatic heterocycles. The van der Waals surface area contributed by atoms with Crippen LogP contribution in [0.4, 0.5) is 10.8 Å². The molecular weight excluding hydrogens is 400 g/mol. The zero-order valence-corrected chi connectivity index (χ0v) is 18.0. The van der Waals surface area contributed by atoms with Crippen molar-refractivity contribution in [3.05, 3.63) is 47.0 Å². The number of aliphatic imine (C=N–C) groups is 1. The average Bonchev–Trinajstić information content (AvgIpc) is 3.32. The van der Waals surface area contributed by atoms with Gasteiger partial charge < -0.3 is 20.4 Å². The van der Waals surface area contributed by atoms with Crippen molar-refractivity contribution in [3.8, 4) is 11.4 Å². The van der Waals surface area contributed by atoms with Crippen LogP contribution in [-0.4, -0.2) is 33.4 Å². The maximum absolute atomic E-state index is 12.4. The Balaban J connectivity index is 1.59. The summed E-state index contributed by atoms with van der Waals surface area (Å²) in [4.78, 5) is 26.5. The average molecular weight is 425 g/mol. The normalized spacial score (nSPS) is 16.2. The predicted molar refractivity (Wildman–Crippen MR) is 118 cm³/mol. The van der Waals surface area contributed by atoms with Crippen molar-refractivity contribution in [1.29, 1.82) is 0 Å². The summed E-state index contributed by atoms with van der Waals surface area (Å²) in [6.45, 7) is 3.57. The molecule has 1 amide bonds. The van der Waals surface area contributed by atoms with Crippen LogP contribution in [0.5, 0.6) is 5.75 Å². The molecule has 0 radical (unpaired) electrons.